The first-order valence-electron chi connectivity index (χ1n) is 8.96. The second-order valence-electron chi connectivity index (χ2n) is 7.34. The van der Waals surface area contributed by atoms with Crippen LogP contribution in [-0.2, 0) is 4.79 Å². The maximum Gasteiger partial charge on any atom is 0.311 e. The van der Waals surface area contributed by atoms with E-state index in [2.05, 4.69) is 15.4 Å². The molecule has 0 unspecified atom stereocenters. The number of ether oxygens (including phenoxy) is 1. The Hall–Kier alpha value is -3.62. The van der Waals surface area contributed by atoms with Crippen molar-refractivity contribution in [2.24, 2.45) is 11.1 Å². The molecule has 1 atom stereocenters. The van der Waals surface area contributed by atoms with Gasteiger partial charge in [0.25, 0.3) is 5.91 Å². The van der Waals surface area contributed by atoms with Gasteiger partial charge in [-0.3, -0.25) is 9.59 Å². The molecule has 3 aromatic rings. The van der Waals surface area contributed by atoms with Crippen LogP contribution in [0.25, 0.3) is 16.6 Å². The molecule has 29 heavy (non-hydrogen) atoms. The number of carboxylic acids is 1. The summed E-state index contributed by atoms with van der Waals surface area (Å²) in [5.74, 6) is -1.11. The van der Waals surface area contributed by atoms with Gasteiger partial charge in [0, 0.05) is 35.6 Å². The van der Waals surface area contributed by atoms with Gasteiger partial charge in [-0.2, -0.15) is 5.10 Å². The Kier molecular flexibility index (Phi) is 5.15. The fourth-order valence-electron chi connectivity index (χ4n) is 2.81. The molecule has 0 aliphatic rings. The molecule has 3 aromatic heterocycles. The molecule has 4 N–H and O–H groups in total. The quantitative estimate of drug-likeness (QED) is 0.558. The zero-order chi connectivity index (χ0) is 21.3. The molecule has 0 spiro atoms. The van der Waals surface area contributed by atoms with Crippen LogP contribution in [0.1, 0.15) is 31.1 Å². The van der Waals surface area contributed by atoms with Crippen LogP contribution >= 0.6 is 0 Å². The predicted molar refractivity (Wildman–Crippen MR) is 108 cm³/mol. The summed E-state index contributed by atoms with van der Waals surface area (Å²) in [6.07, 6.45) is 4.84. The number of nitrogens with one attached hydrogen (secondary N) is 1. The van der Waals surface area contributed by atoms with Gasteiger partial charge in [0.15, 0.2) is 0 Å². The number of aromatic nitrogens is 3. The van der Waals surface area contributed by atoms with Crippen molar-refractivity contribution in [2.45, 2.75) is 26.8 Å². The van der Waals surface area contributed by atoms with E-state index in [1.54, 1.807) is 50.9 Å². The first kappa shape index (κ1) is 20.1. The Morgan fingerprint density at radius 1 is 1.28 bits per heavy atom. The summed E-state index contributed by atoms with van der Waals surface area (Å²) >= 11 is 0. The highest BCUT2D eigenvalue weighted by Crippen LogP contribution is 2.31. The summed E-state index contributed by atoms with van der Waals surface area (Å²) in [5.41, 5.74) is 7.32. The molecule has 9 nitrogen and oxygen atoms in total. The van der Waals surface area contributed by atoms with Crippen LogP contribution in [0.15, 0.2) is 36.8 Å². The van der Waals surface area contributed by atoms with Gasteiger partial charge in [-0.15, -0.1) is 0 Å². The van der Waals surface area contributed by atoms with Gasteiger partial charge >= 0.3 is 5.97 Å². The third kappa shape index (κ3) is 3.71. The number of aliphatic carboxylic acids is 1. The lowest BCUT2D eigenvalue weighted by atomic mass is 9.85. The van der Waals surface area contributed by atoms with Gasteiger partial charge in [-0.25, -0.2) is 9.50 Å². The Morgan fingerprint density at radius 3 is 2.55 bits per heavy atom. The third-order valence-corrected chi connectivity index (χ3v) is 5.18. The van der Waals surface area contributed by atoms with Crippen molar-refractivity contribution in [3.63, 3.8) is 0 Å². The Labute approximate surface area is 167 Å². The van der Waals surface area contributed by atoms with E-state index in [0.717, 1.165) is 11.1 Å². The third-order valence-electron chi connectivity index (χ3n) is 5.18. The van der Waals surface area contributed by atoms with E-state index in [1.807, 2.05) is 12.1 Å². The number of primary amides is 1. The number of hydrogen-bond acceptors (Lipinski definition) is 6. The lowest BCUT2D eigenvalue weighted by molar-refractivity contribution is -0.147. The maximum absolute atomic E-state index is 12.0. The van der Waals surface area contributed by atoms with Gasteiger partial charge in [0.1, 0.15) is 0 Å². The first-order valence-corrected chi connectivity index (χ1v) is 8.96. The largest absolute Gasteiger partial charge is 0.481 e. The molecule has 1 amide bonds. The van der Waals surface area contributed by atoms with Gasteiger partial charge in [0.05, 0.1) is 35.5 Å². The summed E-state index contributed by atoms with van der Waals surface area (Å²) in [5, 5.41) is 16.9. The summed E-state index contributed by atoms with van der Waals surface area (Å²) in [6, 6.07) is 4.95. The molecule has 3 rings (SSSR count). The molecule has 0 fully saturated rings. The molecular formula is C20H23N5O4. The monoisotopic (exact) mass is 397 g/mol. The number of anilines is 1. The van der Waals surface area contributed by atoms with E-state index in [0.29, 0.717) is 17.1 Å². The van der Waals surface area contributed by atoms with Crippen molar-refractivity contribution in [2.75, 3.05) is 12.4 Å². The maximum atomic E-state index is 12.0. The zero-order valence-corrected chi connectivity index (χ0v) is 16.6. The van der Waals surface area contributed by atoms with Crippen molar-refractivity contribution < 1.29 is 19.4 Å². The van der Waals surface area contributed by atoms with Gasteiger partial charge in [-0.05, 0) is 32.9 Å². The second-order valence-corrected chi connectivity index (χ2v) is 7.34. The van der Waals surface area contributed by atoms with Crippen LogP contribution < -0.4 is 15.8 Å². The predicted octanol–water partition coefficient (Wildman–Crippen LogP) is 2.42. The molecule has 0 aliphatic carbocycles. The van der Waals surface area contributed by atoms with E-state index in [9.17, 15) is 14.7 Å². The highest BCUT2D eigenvalue weighted by Gasteiger charge is 2.35. The number of nitrogens with zero attached hydrogens (tertiary/aromatic N) is 3. The molecule has 3 heterocycles. The van der Waals surface area contributed by atoms with Gasteiger partial charge in [0.2, 0.25) is 5.88 Å². The SMILES string of the molecule is COc1ccc(-c2cc3c(N[C@H](C)C(C)(C)C(=O)O)c(C(N)=O)cnn3c2)cn1. The van der Waals surface area contributed by atoms with Gasteiger partial charge in [-0.1, -0.05) is 0 Å². The smallest absolute Gasteiger partial charge is 0.311 e. The summed E-state index contributed by atoms with van der Waals surface area (Å²) in [6.45, 7) is 4.97. The van der Waals surface area contributed by atoms with Crippen LogP contribution in [0.4, 0.5) is 5.69 Å². The molecule has 152 valence electrons. The van der Waals surface area contributed by atoms with E-state index in [-0.39, 0.29) is 5.56 Å². The fraction of sp³-hybridized carbons (Fsp3) is 0.300. The summed E-state index contributed by atoms with van der Waals surface area (Å²) < 4.78 is 6.69. The van der Waals surface area contributed by atoms with Crippen LogP contribution in [-0.4, -0.2) is 44.7 Å². The summed E-state index contributed by atoms with van der Waals surface area (Å²) in [4.78, 5) is 27.8. The highest BCUT2D eigenvalue weighted by molar-refractivity contribution is 6.02. The van der Waals surface area contributed by atoms with Crippen LogP contribution in [0.2, 0.25) is 0 Å². The Balaban J connectivity index is 2.10. The van der Waals surface area contributed by atoms with Crippen molar-refractivity contribution >= 4 is 23.1 Å². The molecule has 9 heteroatoms. The lowest BCUT2D eigenvalue weighted by Crippen LogP contribution is -2.40. The van der Waals surface area contributed by atoms with Crippen molar-refractivity contribution in [3.05, 3.63) is 42.4 Å². The number of fused-ring (bicyclic) bond motifs is 1. The minimum Gasteiger partial charge on any atom is -0.481 e. The topological polar surface area (TPSA) is 132 Å². The minimum atomic E-state index is -1.08. The average molecular weight is 397 g/mol. The molecule has 0 radical (unpaired) electrons. The number of nitrogens with two attached hydrogens (primary N) is 1. The van der Waals surface area contributed by atoms with Crippen LogP contribution in [0.3, 0.4) is 0 Å². The van der Waals surface area contributed by atoms with E-state index in [1.165, 1.54) is 6.20 Å². The molecular weight excluding hydrogens is 374 g/mol. The minimum absolute atomic E-state index is 0.183. The number of rotatable bonds is 7. The second kappa shape index (κ2) is 7.42. The normalized spacial score (nSPS) is 12.6. The number of carbonyl (C=O) groups excluding carboxylic acids is 1. The molecule has 0 aliphatic heterocycles. The number of hydrogen-bond donors (Lipinski definition) is 3. The number of pyridine rings is 1. The standard InChI is InChI=1S/C20H23N5O4/c1-11(20(2,3)19(27)28)24-17-14(18(21)26)9-23-25-10-13(7-15(17)25)12-5-6-16(29-4)22-8-12/h5-11,24H,1-4H3,(H2,21,26)(H,27,28)/t11-/m1/s1. The lowest BCUT2D eigenvalue weighted by Gasteiger charge is -2.29. The van der Waals surface area contributed by atoms with Crippen molar-refractivity contribution in [1.29, 1.82) is 0 Å². The number of methoxy groups -OCH3 is 1. The van der Waals surface area contributed by atoms with Crippen molar-refractivity contribution in [3.8, 4) is 17.0 Å². The zero-order valence-electron chi connectivity index (χ0n) is 16.6. The fourth-order valence-corrected chi connectivity index (χ4v) is 2.81. The average Bonchev–Trinajstić information content (AvgIpc) is 3.12. The molecule has 0 saturated heterocycles. The van der Waals surface area contributed by atoms with Crippen LogP contribution in [0, 0.1) is 5.41 Å². The van der Waals surface area contributed by atoms with E-state index in [4.69, 9.17) is 10.5 Å². The number of amides is 1. The number of carboxylic acid groups (broad SMARTS) is 1. The number of carbonyl (C=O) groups is 2. The van der Waals surface area contributed by atoms with Gasteiger partial charge < -0.3 is 20.9 Å². The molecule has 0 aromatic carbocycles. The first-order chi connectivity index (χ1) is 13.6. The van der Waals surface area contributed by atoms with E-state index >= 15 is 0 Å². The highest BCUT2D eigenvalue weighted by atomic mass is 16.5. The van der Waals surface area contributed by atoms with E-state index < -0.39 is 23.3 Å². The van der Waals surface area contributed by atoms with Crippen LogP contribution in [0.5, 0.6) is 5.88 Å². The molecule has 0 saturated carbocycles. The van der Waals surface area contributed by atoms with Crippen molar-refractivity contribution in [1.82, 2.24) is 14.6 Å². The Morgan fingerprint density at radius 2 is 2.00 bits per heavy atom. The summed E-state index contributed by atoms with van der Waals surface area (Å²) in [7, 11) is 1.54. The Bertz CT molecular complexity index is 1070. The molecule has 0 bridgehead atoms.